The van der Waals surface area contributed by atoms with Crippen LogP contribution < -0.4 is 26.4 Å². The molecule has 2 unspecified atom stereocenters. The van der Waals surface area contributed by atoms with Gasteiger partial charge in [-0.1, -0.05) is 104 Å². The number of hydrogen-bond acceptors (Lipinski definition) is 4. The van der Waals surface area contributed by atoms with E-state index in [-0.39, 0.29) is 17.0 Å². The number of nitrogens with zero attached hydrogens (tertiary/aromatic N) is 2. The molecule has 5 nitrogen and oxygen atoms in total. The number of aliphatic hydroxyl groups excluding tert-OH is 1. The first-order chi connectivity index (χ1) is 18.1. The first-order valence-corrected chi connectivity index (χ1v) is 15.6. The van der Waals surface area contributed by atoms with Crippen molar-refractivity contribution in [1.82, 2.24) is 0 Å². The lowest BCUT2D eigenvalue weighted by atomic mass is 10.0. The fourth-order valence-electron chi connectivity index (χ4n) is 4.81. The van der Waals surface area contributed by atoms with Crippen molar-refractivity contribution in [2.75, 3.05) is 45.4 Å². The SMILES string of the molecule is CCCCCCCCCCCCCCCCOCC(CCC)COCC(O)C[n+]1ccc(N(C)C)cc1.[Br-]. The van der Waals surface area contributed by atoms with Crippen molar-refractivity contribution in [3.8, 4) is 0 Å². The van der Waals surface area contributed by atoms with Crippen LogP contribution >= 0.6 is 0 Å². The molecule has 1 N–H and O–H groups in total. The Morgan fingerprint density at radius 2 is 1.21 bits per heavy atom. The van der Waals surface area contributed by atoms with Gasteiger partial charge in [0.25, 0.3) is 0 Å². The number of aliphatic hydroxyl groups is 1. The first kappa shape index (κ1) is 37.3. The van der Waals surface area contributed by atoms with Gasteiger partial charge in [-0.15, -0.1) is 0 Å². The Balaban J connectivity index is 0.0000137. The van der Waals surface area contributed by atoms with Crippen LogP contribution in [0.3, 0.4) is 0 Å². The molecule has 0 fully saturated rings. The van der Waals surface area contributed by atoms with Crippen LogP contribution in [0.1, 0.15) is 117 Å². The molecule has 0 aliphatic rings. The normalized spacial score (nSPS) is 12.8. The predicted molar refractivity (Wildman–Crippen MR) is 157 cm³/mol. The van der Waals surface area contributed by atoms with Crippen molar-refractivity contribution in [3.05, 3.63) is 24.5 Å². The van der Waals surface area contributed by atoms with Crippen molar-refractivity contribution in [1.29, 1.82) is 0 Å². The van der Waals surface area contributed by atoms with E-state index in [1.165, 1.54) is 89.9 Å². The lowest BCUT2D eigenvalue weighted by Crippen LogP contribution is -3.00. The molecular weight excluding hydrogens is 540 g/mol. The third-order valence-corrected chi connectivity index (χ3v) is 7.17. The zero-order chi connectivity index (χ0) is 27.0. The maximum Gasteiger partial charge on any atom is 0.176 e. The highest BCUT2D eigenvalue weighted by Gasteiger charge is 2.14. The molecule has 0 radical (unpaired) electrons. The fourth-order valence-corrected chi connectivity index (χ4v) is 4.81. The zero-order valence-electron chi connectivity index (χ0n) is 25.3. The van der Waals surface area contributed by atoms with Gasteiger partial charge in [0.05, 0.1) is 19.8 Å². The molecule has 224 valence electrons. The molecular formula is C32H61BrN2O3. The van der Waals surface area contributed by atoms with E-state index in [9.17, 15) is 5.11 Å². The van der Waals surface area contributed by atoms with Gasteiger partial charge in [0.15, 0.2) is 18.9 Å². The van der Waals surface area contributed by atoms with Crippen molar-refractivity contribution in [2.24, 2.45) is 5.92 Å². The second kappa shape index (κ2) is 26.5. The van der Waals surface area contributed by atoms with Gasteiger partial charge in [-0.3, -0.25) is 0 Å². The monoisotopic (exact) mass is 600 g/mol. The average molecular weight is 602 g/mol. The molecule has 1 aromatic rings. The van der Waals surface area contributed by atoms with Gasteiger partial charge >= 0.3 is 0 Å². The maximum absolute atomic E-state index is 10.4. The summed E-state index contributed by atoms with van der Waals surface area (Å²) >= 11 is 0. The van der Waals surface area contributed by atoms with E-state index >= 15 is 0 Å². The molecule has 2 atom stereocenters. The highest BCUT2D eigenvalue weighted by molar-refractivity contribution is 5.41. The molecule has 1 aromatic heterocycles. The third kappa shape index (κ3) is 21.2. The summed E-state index contributed by atoms with van der Waals surface area (Å²) in [4.78, 5) is 2.07. The Labute approximate surface area is 246 Å². The average Bonchev–Trinajstić information content (AvgIpc) is 2.88. The van der Waals surface area contributed by atoms with Crippen LogP contribution in [0, 0.1) is 5.92 Å². The summed E-state index contributed by atoms with van der Waals surface area (Å²) in [5.41, 5.74) is 1.15. The molecule has 6 heteroatoms. The first-order valence-electron chi connectivity index (χ1n) is 15.6. The molecule has 0 aliphatic carbocycles. The van der Waals surface area contributed by atoms with Crippen LogP contribution in [0.15, 0.2) is 24.5 Å². The highest BCUT2D eigenvalue weighted by atomic mass is 79.9. The Morgan fingerprint density at radius 1 is 0.711 bits per heavy atom. The summed E-state index contributed by atoms with van der Waals surface area (Å²) in [6.07, 6.45) is 25.1. The molecule has 1 heterocycles. The van der Waals surface area contributed by atoms with Gasteiger partial charge in [-0.2, -0.15) is 0 Å². The Morgan fingerprint density at radius 3 is 1.71 bits per heavy atom. The molecule has 0 spiro atoms. The largest absolute Gasteiger partial charge is 1.00 e. The van der Waals surface area contributed by atoms with E-state index in [4.69, 9.17) is 9.47 Å². The Hall–Kier alpha value is -0.690. The second-order valence-corrected chi connectivity index (χ2v) is 11.2. The molecule has 0 amide bonds. The topological polar surface area (TPSA) is 45.8 Å². The lowest BCUT2D eigenvalue weighted by molar-refractivity contribution is -0.703. The summed E-state index contributed by atoms with van der Waals surface area (Å²) in [6, 6.07) is 4.11. The number of unbranched alkanes of at least 4 members (excludes halogenated alkanes) is 13. The van der Waals surface area contributed by atoms with Crippen molar-refractivity contribution < 1.29 is 36.1 Å². The standard InChI is InChI=1S/C32H61N2O3.BrH/c1-5-7-8-9-10-11-12-13-14-15-16-17-18-19-25-36-27-30(20-6-2)28-37-29-32(35)26-34-23-21-31(22-24-34)33(3)4;/h21-24,30,32,35H,5-20,25-29H2,1-4H3;1H/q+1;/p-1. The van der Waals surface area contributed by atoms with E-state index in [1.54, 1.807) is 0 Å². The predicted octanol–water partition coefficient (Wildman–Crippen LogP) is 4.34. The number of ether oxygens (including phenoxy) is 2. The molecule has 1 rings (SSSR count). The number of pyridine rings is 1. The Bertz CT molecular complexity index is 615. The van der Waals surface area contributed by atoms with Crippen molar-refractivity contribution >= 4 is 5.69 Å². The van der Waals surface area contributed by atoms with Gasteiger partial charge < -0.3 is 36.5 Å². The van der Waals surface area contributed by atoms with E-state index in [1.807, 2.05) is 31.1 Å². The Kier molecular flexibility index (Phi) is 26.0. The van der Waals surface area contributed by atoms with Crippen molar-refractivity contribution in [3.63, 3.8) is 0 Å². The summed E-state index contributed by atoms with van der Waals surface area (Å²) < 4.78 is 13.9. The van der Waals surface area contributed by atoms with Crippen LogP contribution in [-0.2, 0) is 16.0 Å². The molecule has 0 bridgehead atoms. The van der Waals surface area contributed by atoms with Crippen LogP contribution in [0.25, 0.3) is 0 Å². The second-order valence-electron chi connectivity index (χ2n) is 11.2. The number of rotatable bonds is 26. The smallest absolute Gasteiger partial charge is 0.176 e. The minimum absolute atomic E-state index is 0. The van der Waals surface area contributed by atoms with Gasteiger partial charge in [0.2, 0.25) is 0 Å². The minimum Gasteiger partial charge on any atom is -1.00 e. The molecule has 0 saturated heterocycles. The van der Waals surface area contributed by atoms with E-state index < -0.39 is 6.10 Å². The van der Waals surface area contributed by atoms with Crippen molar-refractivity contribution in [2.45, 2.75) is 129 Å². The maximum atomic E-state index is 10.4. The van der Waals surface area contributed by atoms with E-state index in [0.717, 1.165) is 31.7 Å². The quantitative estimate of drug-likeness (QED) is 0.127. The van der Waals surface area contributed by atoms with Crippen LogP contribution in [-0.4, -0.2) is 51.7 Å². The van der Waals surface area contributed by atoms with Gasteiger partial charge in [-0.25, -0.2) is 4.57 Å². The summed E-state index contributed by atoms with van der Waals surface area (Å²) in [7, 11) is 4.05. The molecule has 0 saturated carbocycles. The highest BCUT2D eigenvalue weighted by Crippen LogP contribution is 2.14. The number of halogens is 1. The summed E-state index contributed by atoms with van der Waals surface area (Å²) in [5, 5.41) is 10.4. The van der Waals surface area contributed by atoms with E-state index in [2.05, 4.69) is 30.9 Å². The van der Waals surface area contributed by atoms with Gasteiger partial charge in [-0.05, 0) is 12.8 Å². The number of aromatic nitrogens is 1. The number of hydrogen-bond donors (Lipinski definition) is 1. The van der Waals surface area contributed by atoms with Crippen LogP contribution in [0.2, 0.25) is 0 Å². The van der Waals surface area contributed by atoms with Gasteiger partial charge in [0, 0.05) is 44.4 Å². The fraction of sp³-hybridized carbons (Fsp3) is 0.844. The molecule has 0 aliphatic heterocycles. The third-order valence-electron chi connectivity index (χ3n) is 7.17. The minimum atomic E-state index is -0.506. The lowest BCUT2D eigenvalue weighted by Gasteiger charge is -2.17. The summed E-state index contributed by atoms with van der Waals surface area (Å²) in [5.74, 6) is 0.413. The number of anilines is 1. The van der Waals surface area contributed by atoms with Gasteiger partial charge in [0.1, 0.15) is 6.10 Å². The van der Waals surface area contributed by atoms with Crippen LogP contribution in [0.5, 0.6) is 0 Å². The summed E-state index contributed by atoms with van der Waals surface area (Å²) in [6.45, 7) is 7.69. The van der Waals surface area contributed by atoms with Crippen LogP contribution in [0.4, 0.5) is 5.69 Å². The molecule has 38 heavy (non-hydrogen) atoms. The van der Waals surface area contributed by atoms with E-state index in [0.29, 0.717) is 25.7 Å². The molecule has 0 aromatic carbocycles. The zero-order valence-corrected chi connectivity index (χ0v) is 26.9.